The molecule has 0 aliphatic carbocycles. The van der Waals surface area contributed by atoms with Gasteiger partial charge in [-0.25, -0.2) is 0 Å². The topological polar surface area (TPSA) is 41.1 Å². The molecule has 0 heterocycles. The van der Waals surface area contributed by atoms with Crippen molar-refractivity contribution in [3.63, 3.8) is 0 Å². The van der Waals surface area contributed by atoms with E-state index in [0.717, 1.165) is 11.1 Å². The molecule has 1 amide bonds. The van der Waals surface area contributed by atoms with E-state index in [1.807, 2.05) is 31.2 Å². The highest BCUT2D eigenvalue weighted by Gasteiger charge is 2.11. The number of carbonyl (C=O) groups excluding carboxylic acids is 1. The van der Waals surface area contributed by atoms with E-state index < -0.39 is 0 Å². The molecular formula is C17H17Cl3N2O. The summed E-state index contributed by atoms with van der Waals surface area (Å²) in [5.74, 6) is -0.0955. The van der Waals surface area contributed by atoms with Gasteiger partial charge >= 0.3 is 0 Å². The fourth-order valence-corrected chi connectivity index (χ4v) is 2.90. The summed E-state index contributed by atoms with van der Waals surface area (Å²) in [6.45, 7) is 2.58. The fourth-order valence-electron chi connectivity index (χ4n) is 2.12. The highest BCUT2D eigenvalue weighted by Crippen LogP contribution is 2.25. The van der Waals surface area contributed by atoms with E-state index in [4.69, 9.17) is 34.8 Å². The Morgan fingerprint density at radius 1 is 1.09 bits per heavy atom. The average molecular weight is 372 g/mol. The van der Waals surface area contributed by atoms with Gasteiger partial charge in [-0.15, -0.1) is 0 Å². The highest BCUT2D eigenvalue weighted by atomic mass is 35.5. The molecule has 0 fully saturated rings. The third-order valence-electron chi connectivity index (χ3n) is 3.38. The number of hydrogen-bond donors (Lipinski definition) is 2. The zero-order valence-corrected chi connectivity index (χ0v) is 14.8. The summed E-state index contributed by atoms with van der Waals surface area (Å²) in [5, 5.41) is 7.81. The first-order valence-electron chi connectivity index (χ1n) is 7.15. The number of halogens is 3. The molecule has 0 spiro atoms. The van der Waals surface area contributed by atoms with Crippen molar-refractivity contribution < 1.29 is 4.79 Å². The molecule has 0 aliphatic rings. The maximum atomic E-state index is 11.9. The van der Waals surface area contributed by atoms with E-state index in [0.29, 0.717) is 21.6 Å². The Morgan fingerprint density at radius 3 is 2.52 bits per heavy atom. The molecule has 2 rings (SSSR count). The molecule has 0 saturated carbocycles. The quantitative estimate of drug-likeness (QED) is 0.778. The van der Waals surface area contributed by atoms with Crippen LogP contribution < -0.4 is 10.6 Å². The van der Waals surface area contributed by atoms with Gasteiger partial charge in [0.15, 0.2) is 0 Å². The largest absolute Gasteiger partial charge is 0.351 e. The summed E-state index contributed by atoms with van der Waals surface area (Å²) in [7, 11) is 0. The van der Waals surface area contributed by atoms with Gasteiger partial charge < -0.3 is 10.6 Å². The van der Waals surface area contributed by atoms with Gasteiger partial charge in [-0.1, -0.05) is 53.0 Å². The van der Waals surface area contributed by atoms with Crippen molar-refractivity contribution in [3.05, 3.63) is 68.7 Å². The number of amides is 1. The van der Waals surface area contributed by atoms with Gasteiger partial charge in [-0.2, -0.15) is 0 Å². The minimum Gasteiger partial charge on any atom is -0.351 e. The first kappa shape index (κ1) is 18.1. The lowest BCUT2D eigenvalue weighted by Crippen LogP contribution is -2.34. The molecule has 23 heavy (non-hydrogen) atoms. The van der Waals surface area contributed by atoms with Crippen molar-refractivity contribution in [2.45, 2.75) is 19.5 Å². The molecule has 0 aliphatic heterocycles. The first-order chi connectivity index (χ1) is 11.0. The van der Waals surface area contributed by atoms with Crippen molar-refractivity contribution in [1.29, 1.82) is 0 Å². The number of carbonyl (C=O) groups is 1. The number of nitrogens with one attached hydrogen (secondary N) is 2. The SMILES string of the molecule is C[C@@H](NCC(=O)NCc1cccc(Cl)c1)c1ccc(Cl)cc1Cl. The second-order valence-corrected chi connectivity index (χ2v) is 6.46. The summed E-state index contributed by atoms with van der Waals surface area (Å²) >= 11 is 17.9. The van der Waals surface area contributed by atoms with Crippen molar-refractivity contribution >= 4 is 40.7 Å². The summed E-state index contributed by atoms with van der Waals surface area (Å²) in [5.41, 5.74) is 1.86. The number of hydrogen-bond acceptors (Lipinski definition) is 2. The van der Waals surface area contributed by atoms with Gasteiger partial charge in [0.2, 0.25) is 5.91 Å². The van der Waals surface area contributed by atoms with E-state index in [-0.39, 0.29) is 18.5 Å². The molecule has 0 unspecified atom stereocenters. The van der Waals surface area contributed by atoms with Crippen LogP contribution >= 0.6 is 34.8 Å². The maximum absolute atomic E-state index is 11.9. The molecule has 2 N–H and O–H groups in total. The van der Waals surface area contributed by atoms with E-state index >= 15 is 0 Å². The Kier molecular flexibility index (Phi) is 6.72. The lowest BCUT2D eigenvalue weighted by Gasteiger charge is -2.16. The monoisotopic (exact) mass is 370 g/mol. The second-order valence-electron chi connectivity index (χ2n) is 5.18. The van der Waals surface area contributed by atoms with Crippen LogP contribution in [0.5, 0.6) is 0 Å². The minimum atomic E-state index is -0.0955. The lowest BCUT2D eigenvalue weighted by molar-refractivity contribution is -0.120. The van der Waals surface area contributed by atoms with Crippen molar-refractivity contribution in [3.8, 4) is 0 Å². The standard InChI is InChI=1S/C17H17Cl3N2O/c1-11(15-6-5-14(19)8-16(15)20)21-10-17(23)22-9-12-3-2-4-13(18)7-12/h2-8,11,21H,9-10H2,1H3,(H,22,23)/t11-/m1/s1. The Bertz CT molecular complexity index is 691. The molecule has 0 bridgehead atoms. The molecule has 2 aromatic carbocycles. The molecule has 2 aromatic rings. The predicted molar refractivity (Wildman–Crippen MR) is 96.2 cm³/mol. The molecule has 6 heteroatoms. The molecule has 3 nitrogen and oxygen atoms in total. The molecule has 0 aromatic heterocycles. The van der Waals surface area contributed by atoms with Gasteiger partial charge in [0.05, 0.1) is 6.54 Å². The van der Waals surface area contributed by atoms with E-state index in [1.165, 1.54) is 0 Å². The molecule has 1 atom stereocenters. The Labute approximate surface area is 150 Å². The van der Waals surface area contributed by atoms with Crippen molar-refractivity contribution in [1.82, 2.24) is 10.6 Å². The third-order valence-corrected chi connectivity index (χ3v) is 4.17. The summed E-state index contributed by atoms with van der Waals surface area (Å²) in [6, 6.07) is 12.7. The van der Waals surface area contributed by atoms with Crippen LogP contribution in [-0.4, -0.2) is 12.5 Å². The molecule has 0 saturated heterocycles. The summed E-state index contributed by atoms with van der Waals surface area (Å²) in [4.78, 5) is 11.9. The van der Waals surface area contributed by atoms with Crippen molar-refractivity contribution in [2.24, 2.45) is 0 Å². The Balaban J connectivity index is 1.81. The van der Waals surface area contributed by atoms with Gasteiger partial charge in [-0.05, 0) is 42.3 Å². The number of benzene rings is 2. The van der Waals surface area contributed by atoms with Crippen LogP contribution in [0, 0.1) is 0 Å². The smallest absolute Gasteiger partial charge is 0.234 e. The Hall–Kier alpha value is -1.26. The normalized spacial score (nSPS) is 12.0. The molecular weight excluding hydrogens is 355 g/mol. The van der Waals surface area contributed by atoms with Crippen LogP contribution in [0.3, 0.4) is 0 Å². The van der Waals surface area contributed by atoms with Crippen LogP contribution in [0.15, 0.2) is 42.5 Å². The second kappa shape index (κ2) is 8.55. The average Bonchev–Trinajstić information content (AvgIpc) is 2.50. The van der Waals surface area contributed by atoms with Crippen LogP contribution in [0.25, 0.3) is 0 Å². The van der Waals surface area contributed by atoms with Crippen LogP contribution in [0.4, 0.5) is 0 Å². The summed E-state index contributed by atoms with van der Waals surface area (Å²) < 4.78 is 0. The Morgan fingerprint density at radius 2 is 1.83 bits per heavy atom. The lowest BCUT2D eigenvalue weighted by atomic mass is 10.1. The predicted octanol–water partition coefficient (Wildman–Crippen LogP) is 4.61. The van der Waals surface area contributed by atoms with Gasteiger partial charge in [0.1, 0.15) is 0 Å². The zero-order valence-electron chi connectivity index (χ0n) is 12.6. The molecule has 122 valence electrons. The van der Waals surface area contributed by atoms with Crippen molar-refractivity contribution in [2.75, 3.05) is 6.54 Å². The van der Waals surface area contributed by atoms with Gasteiger partial charge in [0, 0.05) is 27.7 Å². The zero-order chi connectivity index (χ0) is 16.8. The summed E-state index contributed by atoms with van der Waals surface area (Å²) in [6.07, 6.45) is 0. The molecule has 0 radical (unpaired) electrons. The number of rotatable bonds is 6. The third kappa shape index (κ3) is 5.70. The van der Waals surface area contributed by atoms with Gasteiger partial charge in [0.25, 0.3) is 0 Å². The van der Waals surface area contributed by atoms with Crippen LogP contribution in [0.2, 0.25) is 15.1 Å². The van der Waals surface area contributed by atoms with Gasteiger partial charge in [-0.3, -0.25) is 4.79 Å². The van der Waals surface area contributed by atoms with E-state index in [2.05, 4.69) is 10.6 Å². The minimum absolute atomic E-state index is 0.0586. The van der Waals surface area contributed by atoms with E-state index in [9.17, 15) is 4.79 Å². The van der Waals surface area contributed by atoms with E-state index in [1.54, 1.807) is 18.2 Å². The van der Waals surface area contributed by atoms with Crippen LogP contribution in [0.1, 0.15) is 24.1 Å². The maximum Gasteiger partial charge on any atom is 0.234 e. The fraction of sp³-hybridized carbons (Fsp3) is 0.235. The first-order valence-corrected chi connectivity index (χ1v) is 8.28. The highest BCUT2D eigenvalue weighted by molar-refractivity contribution is 6.35. The van der Waals surface area contributed by atoms with Crippen LogP contribution in [-0.2, 0) is 11.3 Å².